The van der Waals surface area contributed by atoms with Gasteiger partial charge < -0.3 is 16.4 Å². The van der Waals surface area contributed by atoms with Crippen molar-refractivity contribution >= 4 is 45.6 Å². The summed E-state index contributed by atoms with van der Waals surface area (Å²) in [4.78, 5) is 26.7. The van der Waals surface area contributed by atoms with Crippen LogP contribution in [0.4, 0.5) is 24.0 Å². The molecule has 1 aromatic carbocycles. The number of thiophene rings is 1. The van der Waals surface area contributed by atoms with Gasteiger partial charge in [0.2, 0.25) is 0 Å². The summed E-state index contributed by atoms with van der Waals surface area (Å²) in [5.41, 5.74) is 7.13. The fourth-order valence-electron chi connectivity index (χ4n) is 5.47. The first-order valence-corrected chi connectivity index (χ1v) is 13.9. The Morgan fingerprint density at radius 3 is 2.51 bits per heavy atom. The zero-order valence-electron chi connectivity index (χ0n) is 21.7. The monoisotopic (exact) mass is 579 g/mol. The molecule has 39 heavy (non-hydrogen) atoms. The van der Waals surface area contributed by atoms with Crippen LogP contribution < -0.4 is 16.4 Å². The van der Waals surface area contributed by atoms with Crippen molar-refractivity contribution in [3.63, 3.8) is 0 Å². The molecule has 0 saturated heterocycles. The van der Waals surface area contributed by atoms with Crippen molar-refractivity contribution in [2.75, 3.05) is 10.6 Å². The zero-order chi connectivity index (χ0) is 28.3. The third-order valence-electron chi connectivity index (χ3n) is 7.68. The van der Waals surface area contributed by atoms with Crippen molar-refractivity contribution < 1.29 is 22.8 Å². The number of nitrogens with two attached hydrogens (primary N) is 1. The van der Waals surface area contributed by atoms with Crippen LogP contribution in [0, 0.1) is 11.3 Å². The van der Waals surface area contributed by atoms with E-state index < -0.39 is 30.1 Å². The lowest BCUT2D eigenvalue weighted by Gasteiger charge is -2.33. The highest BCUT2D eigenvalue weighted by atomic mass is 35.5. The Kier molecular flexibility index (Phi) is 6.95. The number of amides is 2. The quantitative estimate of drug-likeness (QED) is 0.318. The molecule has 0 spiro atoms. The summed E-state index contributed by atoms with van der Waals surface area (Å²) in [6, 6.07) is 6.05. The van der Waals surface area contributed by atoms with Crippen LogP contribution in [-0.2, 0) is 12.8 Å². The molecule has 1 aliphatic carbocycles. The van der Waals surface area contributed by atoms with Crippen molar-refractivity contribution in [2.24, 2.45) is 17.1 Å². The summed E-state index contributed by atoms with van der Waals surface area (Å²) in [5.74, 6) is -1.17. The topological polar surface area (TPSA) is 102 Å². The van der Waals surface area contributed by atoms with Gasteiger partial charge in [0.25, 0.3) is 11.8 Å². The highest BCUT2D eigenvalue weighted by Crippen LogP contribution is 2.47. The largest absolute Gasteiger partial charge is 0.410 e. The highest BCUT2D eigenvalue weighted by molar-refractivity contribution is 7.17. The fourth-order valence-corrected chi connectivity index (χ4v) is 7.07. The average Bonchev–Trinajstić information content (AvgIpc) is 3.39. The number of carbonyl (C=O) groups excluding carboxylic acids is 2. The number of nitrogens with zero attached hydrogens (tertiary/aromatic N) is 2. The summed E-state index contributed by atoms with van der Waals surface area (Å²) < 4.78 is 43.0. The first-order valence-electron chi connectivity index (χ1n) is 12.7. The van der Waals surface area contributed by atoms with Crippen LogP contribution in [0.3, 0.4) is 0 Å². The number of alkyl halides is 3. The first kappa shape index (κ1) is 27.5. The van der Waals surface area contributed by atoms with E-state index in [1.165, 1.54) is 11.3 Å². The van der Waals surface area contributed by atoms with E-state index in [0.29, 0.717) is 17.9 Å². The first-order chi connectivity index (χ1) is 18.3. The van der Waals surface area contributed by atoms with Gasteiger partial charge >= 0.3 is 6.18 Å². The van der Waals surface area contributed by atoms with Crippen molar-refractivity contribution in [3.05, 3.63) is 62.6 Å². The summed E-state index contributed by atoms with van der Waals surface area (Å²) >= 11 is 7.75. The molecule has 0 saturated carbocycles. The van der Waals surface area contributed by atoms with Gasteiger partial charge in [-0.05, 0) is 41.7 Å². The van der Waals surface area contributed by atoms with E-state index in [-0.39, 0.29) is 38.9 Å². The van der Waals surface area contributed by atoms with Gasteiger partial charge in [-0.25, -0.2) is 4.68 Å². The molecule has 2 amide bonds. The van der Waals surface area contributed by atoms with E-state index in [2.05, 4.69) is 36.5 Å². The van der Waals surface area contributed by atoms with Crippen LogP contribution >= 0.6 is 22.9 Å². The van der Waals surface area contributed by atoms with Crippen molar-refractivity contribution in [1.29, 1.82) is 0 Å². The lowest BCUT2D eigenvalue weighted by atomic mass is 9.72. The minimum absolute atomic E-state index is 0.0701. The number of hydrogen-bond donors (Lipinski definition) is 3. The molecule has 2 aromatic heterocycles. The normalized spacial score (nSPS) is 21.1. The van der Waals surface area contributed by atoms with E-state index in [1.54, 1.807) is 30.3 Å². The summed E-state index contributed by atoms with van der Waals surface area (Å²) in [5, 5.41) is 9.74. The van der Waals surface area contributed by atoms with Crippen LogP contribution in [0.2, 0.25) is 5.02 Å². The van der Waals surface area contributed by atoms with Gasteiger partial charge in [0.05, 0.1) is 11.6 Å². The Balaban J connectivity index is 1.48. The van der Waals surface area contributed by atoms with Crippen LogP contribution in [0.25, 0.3) is 0 Å². The average molecular weight is 580 g/mol. The zero-order valence-corrected chi connectivity index (χ0v) is 23.2. The lowest BCUT2D eigenvalue weighted by molar-refractivity contribution is -0.173. The van der Waals surface area contributed by atoms with Crippen molar-refractivity contribution in [3.8, 4) is 0 Å². The molecule has 0 bridgehead atoms. The Labute approximate surface area is 232 Å². The minimum atomic E-state index is -4.62. The van der Waals surface area contributed by atoms with Crippen LogP contribution in [-0.4, -0.2) is 27.8 Å². The Bertz CT molecular complexity index is 1430. The van der Waals surface area contributed by atoms with Gasteiger partial charge in [0.1, 0.15) is 15.8 Å². The molecule has 1 aliphatic heterocycles. The molecule has 208 valence electrons. The van der Waals surface area contributed by atoms with Crippen LogP contribution in [0.15, 0.2) is 30.3 Å². The SMILES string of the molecule is CC(C)(C)[C@@H]1CCc2c(sc(NC(=O)c3nn4c(c3Cl)N[C@@H](c3ccccc3)C[C@H]4C(F)(F)F)c2C(N)=O)C1. The minimum Gasteiger partial charge on any atom is -0.365 e. The summed E-state index contributed by atoms with van der Waals surface area (Å²) in [6.45, 7) is 6.50. The van der Waals surface area contributed by atoms with E-state index >= 15 is 0 Å². The van der Waals surface area contributed by atoms with E-state index in [9.17, 15) is 22.8 Å². The maximum Gasteiger partial charge on any atom is 0.410 e. The number of anilines is 2. The number of primary amides is 1. The molecule has 4 N–H and O–H groups in total. The van der Waals surface area contributed by atoms with Crippen LogP contribution in [0.1, 0.15) is 82.5 Å². The predicted octanol–water partition coefficient (Wildman–Crippen LogP) is 6.76. The van der Waals surface area contributed by atoms with Crippen molar-refractivity contribution in [2.45, 2.75) is 64.7 Å². The number of carbonyl (C=O) groups is 2. The van der Waals surface area contributed by atoms with Gasteiger partial charge in [-0.15, -0.1) is 11.3 Å². The molecule has 3 aromatic rings. The Hall–Kier alpha value is -3.05. The number of nitrogens with one attached hydrogen (secondary N) is 2. The van der Waals surface area contributed by atoms with E-state index in [4.69, 9.17) is 17.3 Å². The molecule has 3 heterocycles. The van der Waals surface area contributed by atoms with Crippen molar-refractivity contribution in [1.82, 2.24) is 9.78 Å². The highest BCUT2D eigenvalue weighted by Gasteiger charge is 2.48. The molecule has 0 unspecified atom stereocenters. The third kappa shape index (κ3) is 5.14. The van der Waals surface area contributed by atoms with E-state index in [1.807, 2.05) is 0 Å². The number of halogens is 4. The van der Waals surface area contributed by atoms with Gasteiger partial charge in [-0.2, -0.15) is 18.3 Å². The molecule has 0 fully saturated rings. The fraction of sp³-hybridized carbons (Fsp3) is 0.444. The summed E-state index contributed by atoms with van der Waals surface area (Å²) in [7, 11) is 0. The Morgan fingerprint density at radius 1 is 1.21 bits per heavy atom. The number of benzene rings is 1. The number of hydrogen-bond acceptors (Lipinski definition) is 5. The van der Waals surface area contributed by atoms with Gasteiger partial charge in [0.15, 0.2) is 11.7 Å². The molecule has 5 rings (SSSR count). The molecule has 12 heteroatoms. The second kappa shape index (κ2) is 9.85. The third-order valence-corrected chi connectivity index (χ3v) is 9.20. The maximum absolute atomic E-state index is 14.1. The Morgan fingerprint density at radius 2 is 1.90 bits per heavy atom. The second-order valence-electron chi connectivity index (χ2n) is 11.2. The second-order valence-corrected chi connectivity index (χ2v) is 12.7. The van der Waals surface area contributed by atoms with Gasteiger partial charge in [-0.1, -0.05) is 62.7 Å². The number of fused-ring (bicyclic) bond motifs is 2. The number of aromatic nitrogens is 2. The van der Waals surface area contributed by atoms with Gasteiger partial charge in [-0.3, -0.25) is 9.59 Å². The number of rotatable bonds is 4. The predicted molar refractivity (Wildman–Crippen MR) is 146 cm³/mol. The molecule has 7 nitrogen and oxygen atoms in total. The lowest BCUT2D eigenvalue weighted by Crippen LogP contribution is -2.35. The molecule has 3 atom stereocenters. The maximum atomic E-state index is 14.1. The smallest absolute Gasteiger partial charge is 0.365 e. The molecular weight excluding hydrogens is 551 g/mol. The van der Waals surface area contributed by atoms with E-state index in [0.717, 1.165) is 28.0 Å². The molecular formula is C27H29ClF3N5O2S. The standard InChI is InChI=1S/C27H29ClF3N5O2S/c1-26(2,3)14-9-10-15-17(11-14)39-25(19(15)22(32)37)34-24(38)21-20(28)23-33-16(13-7-5-4-6-8-13)12-18(27(29,30)31)36(23)35-21/h4-8,14,16,18,33H,9-12H2,1-3H3,(H2,32,37)(H,34,38)/t14-,16-,18+/m1/s1. The molecule has 2 aliphatic rings. The van der Waals surface area contributed by atoms with Crippen LogP contribution in [0.5, 0.6) is 0 Å². The summed E-state index contributed by atoms with van der Waals surface area (Å²) in [6.07, 6.45) is -2.66. The van der Waals surface area contributed by atoms with Gasteiger partial charge in [0, 0.05) is 11.3 Å². The molecule has 0 radical (unpaired) electrons.